The second kappa shape index (κ2) is 12.7. The Morgan fingerprint density at radius 2 is 1.25 bits per heavy atom. The highest BCUT2D eigenvalue weighted by Crippen LogP contribution is 2.40. The lowest BCUT2D eigenvalue weighted by Gasteiger charge is -2.11. The van der Waals surface area contributed by atoms with Crippen molar-refractivity contribution < 1.29 is 0 Å². The van der Waals surface area contributed by atoms with Crippen molar-refractivity contribution >= 4 is 65.8 Å². The van der Waals surface area contributed by atoms with E-state index in [1.54, 1.807) is 6.08 Å². The fraction of sp³-hybridized carbons (Fsp3) is 0. The molecule has 9 aromatic rings. The maximum atomic E-state index is 9.65. The quantitative estimate of drug-likeness (QED) is 0.138. The van der Waals surface area contributed by atoms with E-state index in [-0.39, 0.29) is 0 Å². The predicted molar refractivity (Wildman–Crippen MR) is 215 cm³/mol. The van der Waals surface area contributed by atoms with Gasteiger partial charge >= 0.3 is 0 Å². The molecular weight excluding hydrogens is 621 g/mol. The maximum absolute atomic E-state index is 9.65. The standard InChI is InChI=1S/C47H32N4/c48-30-12-17-35(18-13-31-49-42-23-9-6-19-37(42)33-14-2-1-3-15-33)50-45-29-27-36(32-41(45)47-38-20-5-4-16-34(38)26-28-46(47)50)51-43-24-10-7-21-39(43)40-22-8-11-25-44(40)51/h1-29,31-32,49H/b17-12+,31-13+,35-18+. The third kappa shape index (κ3) is 5.17. The Hall–Kier alpha value is -7.09. The Bertz CT molecular complexity index is 2840. The summed E-state index contributed by atoms with van der Waals surface area (Å²) in [6.07, 6.45) is 9.44. The van der Waals surface area contributed by atoms with Gasteiger partial charge in [-0.25, -0.2) is 0 Å². The molecule has 0 amide bonds. The molecule has 0 radical (unpaired) electrons. The van der Waals surface area contributed by atoms with Gasteiger partial charge in [-0.1, -0.05) is 115 Å². The van der Waals surface area contributed by atoms with Gasteiger partial charge < -0.3 is 14.5 Å². The summed E-state index contributed by atoms with van der Waals surface area (Å²) in [4.78, 5) is 0. The highest BCUT2D eigenvalue weighted by Gasteiger charge is 2.18. The molecule has 0 spiro atoms. The fourth-order valence-electron chi connectivity index (χ4n) is 7.49. The van der Waals surface area contributed by atoms with Gasteiger partial charge in [0, 0.05) is 56.5 Å². The van der Waals surface area contributed by atoms with Crippen LogP contribution in [0, 0.1) is 11.3 Å². The van der Waals surface area contributed by atoms with Gasteiger partial charge in [0.25, 0.3) is 0 Å². The molecule has 4 heteroatoms. The Kier molecular flexibility index (Phi) is 7.50. The third-order valence-electron chi connectivity index (χ3n) is 9.68. The third-order valence-corrected chi connectivity index (χ3v) is 9.68. The monoisotopic (exact) mass is 652 g/mol. The molecule has 0 atom stereocenters. The minimum absolute atomic E-state index is 0.880. The van der Waals surface area contributed by atoms with Crippen LogP contribution in [-0.4, -0.2) is 9.13 Å². The summed E-state index contributed by atoms with van der Waals surface area (Å²) >= 11 is 0. The van der Waals surface area contributed by atoms with E-state index >= 15 is 0 Å². The molecule has 2 aromatic heterocycles. The summed E-state index contributed by atoms with van der Waals surface area (Å²) in [6.45, 7) is 0. The summed E-state index contributed by atoms with van der Waals surface area (Å²) in [7, 11) is 0. The van der Waals surface area contributed by atoms with E-state index in [9.17, 15) is 5.26 Å². The van der Waals surface area contributed by atoms with E-state index in [1.807, 2.05) is 30.5 Å². The lowest BCUT2D eigenvalue weighted by Crippen LogP contribution is -1.96. The van der Waals surface area contributed by atoms with Gasteiger partial charge in [0.2, 0.25) is 0 Å². The molecule has 1 N–H and O–H groups in total. The van der Waals surface area contributed by atoms with Crippen LogP contribution in [0.15, 0.2) is 188 Å². The molecule has 4 nitrogen and oxygen atoms in total. The van der Waals surface area contributed by atoms with Crippen molar-refractivity contribution in [1.82, 2.24) is 9.13 Å². The molecule has 0 bridgehead atoms. The smallest absolute Gasteiger partial charge is 0.0912 e. The number of fused-ring (bicyclic) bond motifs is 8. The molecule has 240 valence electrons. The Morgan fingerprint density at radius 1 is 0.588 bits per heavy atom. The zero-order valence-corrected chi connectivity index (χ0v) is 27.7. The van der Waals surface area contributed by atoms with E-state index in [0.29, 0.717) is 0 Å². The Labute approximate surface area is 295 Å². The van der Waals surface area contributed by atoms with E-state index in [0.717, 1.165) is 44.6 Å². The van der Waals surface area contributed by atoms with Gasteiger partial charge in [-0.05, 0) is 77.0 Å². The van der Waals surface area contributed by atoms with Crippen LogP contribution in [0.25, 0.3) is 76.9 Å². The Balaban J connectivity index is 1.22. The van der Waals surface area contributed by atoms with Crippen LogP contribution in [0.4, 0.5) is 5.69 Å². The largest absolute Gasteiger partial charge is 0.361 e. The average Bonchev–Trinajstić information content (AvgIpc) is 3.71. The number of nitrogens with one attached hydrogen (secondary N) is 1. The first kappa shape index (κ1) is 30.0. The topological polar surface area (TPSA) is 45.7 Å². The fourth-order valence-corrected chi connectivity index (χ4v) is 7.49. The van der Waals surface area contributed by atoms with Crippen molar-refractivity contribution in [3.05, 3.63) is 188 Å². The number of nitrogens with zero attached hydrogens (tertiary/aromatic N) is 3. The van der Waals surface area contributed by atoms with Crippen molar-refractivity contribution in [2.75, 3.05) is 5.32 Å². The molecule has 0 fully saturated rings. The van der Waals surface area contributed by atoms with Gasteiger partial charge in [0.1, 0.15) is 0 Å². The molecule has 0 aliphatic heterocycles. The van der Waals surface area contributed by atoms with Crippen molar-refractivity contribution in [3.63, 3.8) is 0 Å². The van der Waals surface area contributed by atoms with Crippen LogP contribution in [0.1, 0.15) is 0 Å². The van der Waals surface area contributed by atoms with Crippen molar-refractivity contribution in [1.29, 1.82) is 5.26 Å². The van der Waals surface area contributed by atoms with Gasteiger partial charge in [-0.15, -0.1) is 0 Å². The highest BCUT2D eigenvalue weighted by atomic mass is 15.0. The summed E-state index contributed by atoms with van der Waals surface area (Å²) in [5.74, 6) is 0. The van der Waals surface area contributed by atoms with Crippen molar-refractivity contribution in [2.45, 2.75) is 0 Å². The lowest BCUT2D eigenvalue weighted by molar-refractivity contribution is 1.18. The minimum atomic E-state index is 0.880. The van der Waals surface area contributed by atoms with Gasteiger partial charge in [0.05, 0.1) is 28.1 Å². The molecular formula is C47H32N4. The molecule has 9 rings (SSSR count). The number of aromatic nitrogens is 2. The van der Waals surface area contributed by atoms with Crippen LogP contribution in [0.2, 0.25) is 0 Å². The predicted octanol–water partition coefficient (Wildman–Crippen LogP) is 12.3. The number of nitriles is 1. The molecule has 51 heavy (non-hydrogen) atoms. The van der Waals surface area contributed by atoms with E-state index < -0.39 is 0 Å². The minimum Gasteiger partial charge on any atom is -0.361 e. The van der Waals surface area contributed by atoms with Crippen LogP contribution < -0.4 is 5.32 Å². The van der Waals surface area contributed by atoms with E-state index in [4.69, 9.17) is 0 Å². The zero-order valence-electron chi connectivity index (χ0n) is 27.7. The van der Waals surface area contributed by atoms with Crippen LogP contribution in [-0.2, 0) is 0 Å². The van der Waals surface area contributed by atoms with E-state index in [1.165, 1.54) is 38.0 Å². The number of benzene rings is 7. The van der Waals surface area contributed by atoms with Crippen LogP contribution in [0.3, 0.4) is 0 Å². The summed E-state index contributed by atoms with van der Waals surface area (Å²) in [5, 5.41) is 20.3. The summed E-state index contributed by atoms with van der Waals surface area (Å²) in [6, 6.07) is 57.8. The van der Waals surface area contributed by atoms with Crippen LogP contribution >= 0.6 is 0 Å². The Morgan fingerprint density at radius 3 is 2.04 bits per heavy atom. The normalized spacial score (nSPS) is 12.3. The number of hydrogen-bond donors (Lipinski definition) is 1. The van der Waals surface area contributed by atoms with Gasteiger partial charge in [-0.2, -0.15) is 5.26 Å². The molecule has 0 saturated carbocycles. The van der Waals surface area contributed by atoms with Gasteiger partial charge in [0.15, 0.2) is 0 Å². The second-order valence-electron chi connectivity index (χ2n) is 12.6. The lowest BCUT2D eigenvalue weighted by atomic mass is 10.0. The number of para-hydroxylation sites is 3. The zero-order chi connectivity index (χ0) is 34.1. The van der Waals surface area contributed by atoms with Gasteiger partial charge in [-0.3, -0.25) is 0 Å². The van der Waals surface area contributed by atoms with E-state index in [2.05, 4.69) is 172 Å². The average molecular weight is 653 g/mol. The number of rotatable bonds is 7. The first-order valence-corrected chi connectivity index (χ1v) is 17.1. The first-order chi connectivity index (χ1) is 25.3. The molecule has 0 saturated heterocycles. The van der Waals surface area contributed by atoms with Crippen LogP contribution in [0.5, 0.6) is 0 Å². The van der Waals surface area contributed by atoms with Crippen molar-refractivity contribution in [3.8, 4) is 22.9 Å². The molecule has 7 aromatic carbocycles. The molecule has 0 aliphatic rings. The summed E-state index contributed by atoms with van der Waals surface area (Å²) < 4.78 is 4.63. The maximum Gasteiger partial charge on any atom is 0.0912 e. The molecule has 0 aliphatic carbocycles. The first-order valence-electron chi connectivity index (χ1n) is 17.1. The SMILES string of the molecule is N#C/C=C/C(=C\C=C\Nc1ccccc1-c1ccccc1)n1c2ccc(-n3c4ccccc4c4ccccc43)cc2c2c3ccccc3ccc21. The number of anilines is 1. The molecule has 0 unspecified atom stereocenters. The second-order valence-corrected chi connectivity index (χ2v) is 12.6. The number of hydrogen-bond acceptors (Lipinski definition) is 2. The summed E-state index contributed by atoms with van der Waals surface area (Å²) in [5.41, 5.74) is 9.78. The highest BCUT2D eigenvalue weighted by molar-refractivity contribution is 6.22. The molecule has 2 heterocycles. The number of allylic oxidation sites excluding steroid dienone is 5. The van der Waals surface area contributed by atoms with Crippen molar-refractivity contribution in [2.24, 2.45) is 0 Å².